The van der Waals surface area contributed by atoms with E-state index in [0.29, 0.717) is 29.7 Å². The Kier molecular flexibility index (Phi) is 5.71. The standard InChI is InChI=1S/C21H21BrClN3O2/c22-16-6-7-18(19(23)12-16)21(28)26-13-17(14-26)24-8-10-25(11-9-24)20(27)15-4-2-1-3-5-15/h1-7,12,17H,8-11,13-14H2. The molecule has 28 heavy (non-hydrogen) atoms. The van der Waals surface area contributed by atoms with E-state index in [9.17, 15) is 9.59 Å². The van der Waals surface area contributed by atoms with Crippen LogP contribution >= 0.6 is 27.5 Å². The predicted molar refractivity (Wildman–Crippen MR) is 113 cm³/mol. The number of amides is 2. The number of halogens is 2. The first-order valence-electron chi connectivity index (χ1n) is 9.35. The van der Waals surface area contributed by atoms with Crippen molar-refractivity contribution in [1.29, 1.82) is 0 Å². The summed E-state index contributed by atoms with van der Waals surface area (Å²) in [6.07, 6.45) is 0. The normalized spacial score (nSPS) is 18.1. The Labute approximate surface area is 178 Å². The molecule has 4 rings (SSSR count). The van der Waals surface area contributed by atoms with Crippen molar-refractivity contribution >= 4 is 39.3 Å². The summed E-state index contributed by atoms with van der Waals surface area (Å²) < 4.78 is 0.860. The molecule has 2 aliphatic heterocycles. The van der Waals surface area contributed by atoms with Crippen LogP contribution in [-0.4, -0.2) is 71.8 Å². The second-order valence-corrected chi connectivity index (χ2v) is 8.51. The van der Waals surface area contributed by atoms with Crippen LogP contribution in [0.1, 0.15) is 20.7 Å². The molecule has 0 radical (unpaired) electrons. The van der Waals surface area contributed by atoms with Crippen LogP contribution in [0.4, 0.5) is 0 Å². The monoisotopic (exact) mass is 461 g/mol. The van der Waals surface area contributed by atoms with Gasteiger partial charge in [0.2, 0.25) is 0 Å². The molecule has 2 fully saturated rings. The van der Waals surface area contributed by atoms with E-state index in [1.165, 1.54) is 0 Å². The maximum atomic E-state index is 12.6. The second-order valence-electron chi connectivity index (χ2n) is 7.18. The van der Waals surface area contributed by atoms with Crippen molar-refractivity contribution in [1.82, 2.24) is 14.7 Å². The van der Waals surface area contributed by atoms with Crippen LogP contribution in [-0.2, 0) is 0 Å². The predicted octanol–water partition coefficient (Wildman–Crippen LogP) is 3.38. The van der Waals surface area contributed by atoms with Crippen LogP contribution in [0, 0.1) is 0 Å². The van der Waals surface area contributed by atoms with Gasteiger partial charge in [-0.2, -0.15) is 0 Å². The highest BCUT2D eigenvalue weighted by atomic mass is 79.9. The van der Waals surface area contributed by atoms with Crippen LogP contribution in [0.3, 0.4) is 0 Å². The van der Waals surface area contributed by atoms with Crippen molar-refractivity contribution in [3.63, 3.8) is 0 Å². The summed E-state index contributed by atoms with van der Waals surface area (Å²) in [6.45, 7) is 4.53. The van der Waals surface area contributed by atoms with Crippen molar-refractivity contribution in [2.45, 2.75) is 6.04 Å². The SMILES string of the molecule is O=C(c1ccccc1)N1CCN(C2CN(C(=O)c3ccc(Br)cc3Cl)C2)CC1. The zero-order valence-corrected chi connectivity index (χ0v) is 17.7. The van der Waals surface area contributed by atoms with Crippen molar-refractivity contribution in [2.75, 3.05) is 39.3 Å². The smallest absolute Gasteiger partial charge is 0.255 e. The van der Waals surface area contributed by atoms with Gasteiger partial charge in [0.15, 0.2) is 0 Å². The molecule has 0 aromatic heterocycles. The average Bonchev–Trinajstić information content (AvgIpc) is 2.67. The molecule has 146 valence electrons. The molecule has 2 aliphatic rings. The Morgan fingerprint density at radius 2 is 1.57 bits per heavy atom. The molecule has 0 bridgehead atoms. The van der Waals surface area contributed by atoms with E-state index in [1.54, 1.807) is 12.1 Å². The van der Waals surface area contributed by atoms with Crippen molar-refractivity contribution in [2.24, 2.45) is 0 Å². The minimum atomic E-state index is -0.0216. The van der Waals surface area contributed by atoms with E-state index < -0.39 is 0 Å². The minimum Gasteiger partial charge on any atom is -0.336 e. The molecule has 0 saturated carbocycles. The Hall–Kier alpha value is -1.89. The molecule has 2 saturated heterocycles. The van der Waals surface area contributed by atoms with Crippen molar-refractivity contribution < 1.29 is 9.59 Å². The lowest BCUT2D eigenvalue weighted by Gasteiger charge is -2.48. The van der Waals surface area contributed by atoms with Crippen LogP contribution in [0.2, 0.25) is 5.02 Å². The van der Waals surface area contributed by atoms with E-state index in [-0.39, 0.29) is 11.8 Å². The lowest BCUT2D eigenvalue weighted by Crippen LogP contribution is -2.64. The Morgan fingerprint density at radius 1 is 0.893 bits per heavy atom. The number of piperazine rings is 1. The van der Waals surface area contributed by atoms with E-state index in [0.717, 1.165) is 36.2 Å². The molecule has 2 heterocycles. The summed E-state index contributed by atoms with van der Waals surface area (Å²) >= 11 is 9.57. The Bertz CT molecular complexity index is 878. The Balaban J connectivity index is 1.28. The summed E-state index contributed by atoms with van der Waals surface area (Å²) in [4.78, 5) is 31.3. The van der Waals surface area contributed by atoms with Gasteiger partial charge in [-0.1, -0.05) is 45.7 Å². The van der Waals surface area contributed by atoms with E-state index in [2.05, 4.69) is 20.8 Å². The van der Waals surface area contributed by atoms with E-state index in [1.807, 2.05) is 46.2 Å². The molecular weight excluding hydrogens is 442 g/mol. The van der Waals surface area contributed by atoms with Gasteiger partial charge in [0, 0.05) is 55.3 Å². The number of hydrogen-bond donors (Lipinski definition) is 0. The number of carbonyl (C=O) groups excluding carboxylic acids is 2. The van der Waals surface area contributed by atoms with Gasteiger partial charge in [-0.25, -0.2) is 0 Å². The van der Waals surface area contributed by atoms with E-state index in [4.69, 9.17) is 11.6 Å². The third-order valence-electron chi connectivity index (χ3n) is 5.45. The lowest BCUT2D eigenvalue weighted by molar-refractivity contribution is 0.00855. The van der Waals surface area contributed by atoms with Gasteiger partial charge < -0.3 is 9.80 Å². The average molecular weight is 463 g/mol. The topological polar surface area (TPSA) is 43.9 Å². The molecule has 2 aromatic carbocycles. The van der Waals surface area contributed by atoms with E-state index >= 15 is 0 Å². The minimum absolute atomic E-state index is 0.0216. The number of carbonyl (C=O) groups is 2. The third kappa shape index (κ3) is 3.95. The fourth-order valence-electron chi connectivity index (χ4n) is 3.74. The quantitative estimate of drug-likeness (QED) is 0.702. The van der Waals surface area contributed by atoms with Crippen molar-refractivity contribution in [3.8, 4) is 0 Å². The largest absolute Gasteiger partial charge is 0.336 e. The molecule has 7 heteroatoms. The molecule has 2 aromatic rings. The summed E-state index contributed by atoms with van der Waals surface area (Å²) in [5.74, 6) is 0.0715. The first-order valence-corrected chi connectivity index (χ1v) is 10.5. The first kappa shape index (κ1) is 19.4. The number of benzene rings is 2. The second kappa shape index (κ2) is 8.23. The van der Waals surface area contributed by atoms with Gasteiger partial charge in [-0.05, 0) is 30.3 Å². The number of likely N-dealkylation sites (tertiary alicyclic amines) is 1. The molecule has 0 atom stereocenters. The summed E-state index contributed by atoms with van der Waals surface area (Å²) in [6, 6.07) is 15.1. The summed E-state index contributed by atoms with van der Waals surface area (Å²) in [5.41, 5.74) is 1.28. The first-order chi connectivity index (χ1) is 13.5. The maximum Gasteiger partial charge on any atom is 0.255 e. The fourth-order valence-corrected chi connectivity index (χ4v) is 4.49. The third-order valence-corrected chi connectivity index (χ3v) is 6.26. The molecular formula is C21H21BrClN3O2. The lowest BCUT2D eigenvalue weighted by atomic mass is 10.0. The zero-order chi connectivity index (χ0) is 19.7. The van der Waals surface area contributed by atoms with Gasteiger partial charge in [0.25, 0.3) is 11.8 Å². The van der Waals surface area contributed by atoms with Gasteiger partial charge in [0.05, 0.1) is 10.6 Å². The van der Waals surface area contributed by atoms with Crippen LogP contribution in [0.15, 0.2) is 53.0 Å². The maximum absolute atomic E-state index is 12.6. The van der Waals surface area contributed by atoms with Gasteiger partial charge in [0.1, 0.15) is 0 Å². The van der Waals surface area contributed by atoms with Crippen LogP contribution < -0.4 is 0 Å². The highest BCUT2D eigenvalue weighted by Gasteiger charge is 2.37. The highest BCUT2D eigenvalue weighted by molar-refractivity contribution is 9.10. The molecule has 0 N–H and O–H groups in total. The molecule has 0 spiro atoms. The van der Waals surface area contributed by atoms with Gasteiger partial charge in [-0.15, -0.1) is 0 Å². The van der Waals surface area contributed by atoms with Crippen molar-refractivity contribution in [3.05, 3.63) is 69.2 Å². The Morgan fingerprint density at radius 3 is 2.21 bits per heavy atom. The zero-order valence-electron chi connectivity index (χ0n) is 15.4. The highest BCUT2D eigenvalue weighted by Crippen LogP contribution is 2.26. The number of hydrogen-bond acceptors (Lipinski definition) is 3. The molecule has 2 amide bonds. The molecule has 0 unspecified atom stereocenters. The molecule has 5 nitrogen and oxygen atoms in total. The van der Waals surface area contributed by atoms with Crippen LogP contribution in [0.25, 0.3) is 0 Å². The van der Waals surface area contributed by atoms with Gasteiger partial charge in [-0.3, -0.25) is 14.5 Å². The fraction of sp³-hybridized carbons (Fsp3) is 0.333. The number of rotatable bonds is 3. The van der Waals surface area contributed by atoms with Crippen LogP contribution in [0.5, 0.6) is 0 Å². The number of nitrogens with zero attached hydrogens (tertiary/aromatic N) is 3. The summed E-state index contributed by atoms with van der Waals surface area (Å²) in [5, 5.41) is 0.468. The molecule has 0 aliphatic carbocycles. The summed E-state index contributed by atoms with van der Waals surface area (Å²) in [7, 11) is 0. The van der Waals surface area contributed by atoms with Gasteiger partial charge >= 0.3 is 0 Å².